The van der Waals surface area contributed by atoms with Gasteiger partial charge in [0.15, 0.2) is 5.78 Å². The molecule has 3 nitrogen and oxygen atoms in total. The zero-order valence-electron chi connectivity index (χ0n) is 13.4. The van der Waals surface area contributed by atoms with Gasteiger partial charge in [-0.05, 0) is 68.1 Å². The highest BCUT2D eigenvalue weighted by Gasteiger charge is 2.29. The minimum atomic E-state index is -0.194. The monoisotopic (exact) mass is 290 g/mol. The number of hydrogen-bond acceptors (Lipinski definition) is 3. The minimum Gasteiger partial charge on any atom is -0.466 e. The van der Waals surface area contributed by atoms with Crippen molar-refractivity contribution in [3.63, 3.8) is 0 Å². The molecule has 0 radical (unpaired) electrons. The molecule has 2 atom stereocenters. The average molecular weight is 290 g/mol. The summed E-state index contributed by atoms with van der Waals surface area (Å²) in [5.74, 6) is 1.31. The fourth-order valence-corrected chi connectivity index (χ4v) is 3.72. The Hall–Kier alpha value is -1.38. The van der Waals surface area contributed by atoms with Crippen molar-refractivity contribution < 1.29 is 14.3 Å². The lowest BCUT2D eigenvalue weighted by Gasteiger charge is -2.34. The Balaban J connectivity index is 1.95. The summed E-state index contributed by atoms with van der Waals surface area (Å²) in [5, 5.41) is 0. The molecule has 0 bridgehead atoms. The van der Waals surface area contributed by atoms with E-state index in [1.165, 1.54) is 23.6 Å². The summed E-state index contributed by atoms with van der Waals surface area (Å²) in [6, 6.07) is 0. The van der Waals surface area contributed by atoms with E-state index in [0.717, 1.165) is 32.1 Å². The number of allylic oxidation sites excluding steroid dienone is 4. The van der Waals surface area contributed by atoms with Crippen molar-refractivity contribution >= 4 is 11.8 Å². The lowest BCUT2D eigenvalue weighted by atomic mass is 9.71. The highest BCUT2D eigenvalue weighted by atomic mass is 16.5. The molecule has 0 amide bonds. The summed E-state index contributed by atoms with van der Waals surface area (Å²) >= 11 is 0. The molecule has 3 heteroatoms. The molecule has 0 N–H and O–H groups in total. The van der Waals surface area contributed by atoms with Crippen LogP contribution in [0.5, 0.6) is 0 Å². The second-order valence-electron chi connectivity index (χ2n) is 6.40. The van der Waals surface area contributed by atoms with E-state index in [4.69, 9.17) is 4.74 Å². The Morgan fingerprint density at radius 3 is 2.86 bits per heavy atom. The molecule has 0 aromatic rings. The van der Waals surface area contributed by atoms with Crippen LogP contribution in [-0.4, -0.2) is 18.4 Å². The van der Waals surface area contributed by atoms with E-state index in [1.54, 1.807) is 0 Å². The lowest BCUT2D eigenvalue weighted by molar-refractivity contribution is -0.141. The molecule has 0 unspecified atom stereocenters. The van der Waals surface area contributed by atoms with Crippen LogP contribution in [0.15, 0.2) is 22.8 Å². The first-order valence-electron chi connectivity index (χ1n) is 8.05. The van der Waals surface area contributed by atoms with Gasteiger partial charge in [-0.2, -0.15) is 0 Å². The number of esters is 1. The molecule has 0 aliphatic heterocycles. The maximum absolute atomic E-state index is 11.5. The van der Waals surface area contributed by atoms with Gasteiger partial charge in [0.25, 0.3) is 0 Å². The second-order valence-corrected chi connectivity index (χ2v) is 6.40. The lowest BCUT2D eigenvalue weighted by Crippen LogP contribution is -2.22. The first-order valence-corrected chi connectivity index (χ1v) is 8.05. The Bertz CT molecular complexity index is 485. The van der Waals surface area contributed by atoms with Crippen LogP contribution in [-0.2, 0) is 14.3 Å². The zero-order chi connectivity index (χ0) is 15.4. The minimum absolute atomic E-state index is 0.194. The molecule has 0 heterocycles. The number of ketones is 1. The largest absolute Gasteiger partial charge is 0.466 e. The Labute approximate surface area is 127 Å². The van der Waals surface area contributed by atoms with Crippen molar-refractivity contribution in [3.8, 4) is 0 Å². The Morgan fingerprint density at radius 2 is 2.14 bits per heavy atom. The third-order valence-electron chi connectivity index (χ3n) is 4.90. The number of rotatable bonds is 5. The van der Waals surface area contributed by atoms with Crippen LogP contribution >= 0.6 is 0 Å². The quantitative estimate of drug-likeness (QED) is 0.568. The highest BCUT2D eigenvalue weighted by Crippen LogP contribution is 2.42. The topological polar surface area (TPSA) is 43.4 Å². The summed E-state index contributed by atoms with van der Waals surface area (Å²) in [7, 11) is 0. The predicted octanol–water partition coefficient (Wildman–Crippen LogP) is 3.98. The summed E-state index contributed by atoms with van der Waals surface area (Å²) in [6.07, 6.45) is 7.66. The number of carbonyl (C=O) groups excluding carboxylic acids is 2. The molecule has 0 aromatic heterocycles. The smallest absolute Gasteiger partial charge is 0.302 e. The van der Waals surface area contributed by atoms with Crippen LogP contribution in [0.1, 0.15) is 59.3 Å². The molecular weight excluding hydrogens is 264 g/mol. The van der Waals surface area contributed by atoms with Gasteiger partial charge < -0.3 is 4.74 Å². The summed E-state index contributed by atoms with van der Waals surface area (Å²) in [5.41, 5.74) is 4.21. The molecular formula is C18H26O3. The van der Waals surface area contributed by atoms with Gasteiger partial charge in [0.2, 0.25) is 0 Å². The Morgan fingerprint density at radius 1 is 1.38 bits per heavy atom. The fraction of sp³-hybridized carbons (Fsp3) is 0.667. The van der Waals surface area contributed by atoms with Gasteiger partial charge in [-0.15, -0.1) is 0 Å². The van der Waals surface area contributed by atoms with E-state index < -0.39 is 0 Å². The van der Waals surface area contributed by atoms with Gasteiger partial charge in [0, 0.05) is 13.3 Å². The standard InChI is InChI=1S/C18H26O3/c1-12(5-4-10-21-14(3)19)17-8-6-15-11-16(20)7-9-18(15)13(17)2/h11-12,17H,4-10H2,1-3H3/t12-,17-/m0/s1. The average Bonchev–Trinajstić information content (AvgIpc) is 2.43. The van der Waals surface area contributed by atoms with E-state index in [0.29, 0.717) is 24.9 Å². The number of fused-ring (bicyclic) bond motifs is 1. The summed E-state index contributed by atoms with van der Waals surface area (Å²) < 4.78 is 5.01. The zero-order valence-corrected chi connectivity index (χ0v) is 13.4. The van der Waals surface area contributed by atoms with Crippen molar-refractivity contribution in [1.29, 1.82) is 0 Å². The first kappa shape index (κ1) is 16.0. The molecule has 0 saturated heterocycles. The van der Waals surface area contributed by atoms with E-state index >= 15 is 0 Å². The van der Waals surface area contributed by atoms with Crippen molar-refractivity contribution in [1.82, 2.24) is 0 Å². The molecule has 21 heavy (non-hydrogen) atoms. The second kappa shape index (κ2) is 7.06. The van der Waals surface area contributed by atoms with Gasteiger partial charge in [-0.1, -0.05) is 12.5 Å². The summed E-state index contributed by atoms with van der Waals surface area (Å²) in [4.78, 5) is 22.3. The molecule has 2 aliphatic carbocycles. The molecule has 0 spiro atoms. The third-order valence-corrected chi connectivity index (χ3v) is 4.90. The van der Waals surface area contributed by atoms with Crippen molar-refractivity contribution in [3.05, 3.63) is 22.8 Å². The van der Waals surface area contributed by atoms with E-state index in [-0.39, 0.29) is 11.8 Å². The number of hydrogen-bond donors (Lipinski definition) is 0. The normalized spacial score (nSPS) is 23.5. The van der Waals surface area contributed by atoms with Gasteiger partial charge >= 0.3 is 5.97 Å². The van der Waals surface area contributed by atoms with Crippen molar-refractivity contribution in [2.24, 2.45) is 11.8 Å². The van der Waals surface area contributed by atoms with Crippen LogP contribution in [0.2, 0.25) is 0 Å². The summed E-state index contributed by atoms with van der Waals surface area (Å²) in [6.45, 7) is 6.52. The molecule has 2 aliphatic rings. The highest BCUT2D eigenvalue weighted by molar-refractivity contribution is 5.93. The van der Waals surface area contributed by atoms with Crippen LogP contribution in [0.3, 0.4) is 0 Å². The van der Waals surface area contributed by atoms with Gasteiger partial charge in [-0.25, -0.2) is 0 Å². The molecule has 116 valence electrons. The first-order chi connectivity index (χ1) is 9.99. The van der Waals surface area contributed by atoms with Gasteiger partial charge in [0.05, 0.1) is 6.61 Å². The number of carbonyl (C=O) groups is 2. The maximum Gasteiger partial charge on any atom is 0.302 e. The van der Waals surface area contributed by atoms with Gasteiger partial charge in [-0.3, -0.25) is 9.59 Å². The third kappa shape index (κ3) is 4.05. The van der Waals surface area contributed by atoms with Crippen LogP contribution in [0.25, 0.3) is 0 Å². The van der Waals surface area contributed by atoms with Gasteiger partial charge in [0.1, 0.15) is 0 Å². The fourth-order valence-electron chi connectivity index (χ4n) is 3.72. The molecule has 0 aromatic carbocycles. The van der Waals surface area contributed by atoms with Crippen molar-refractivity contribution in [2.75, 3.05) is 6.61 Å². The van der Waals surface area contributed by atoms with Crippen LogP contribution in [0.4, 0.5) is 0 Å². The van der Waals surface area contributed by atoms with E-state index in [2.05, 4.69) is 13.8 Å². The van der Waals surface area contributed by atoms with Crippen LogP contribution in [0, 0.1) is 11.8 Å². The number of ether oxygens (including phenoxy) is 1. The van der Waals surface area contributed by atoms with E-state index in [9.17, 15) is 9.59 Å². The van der Waals surface area contributed by atoms with E-state index in [1.807, 2.05) is 6.08 Å². The molecule has 2 rings (SSSR count). The van der Waals surface area contributed by atoms with Crippen LogP contribution < -0.4 is 0 Å². The van der Waals surface area contributed by atoms with Crippen molar-refractivity contribution in [2.45, 2.75) is 59.3 Å². The molecule has 0 fully saturated rings. The maximum atomic E-state index is 11.5. The SMILES string of the molecule is CC(=O)OCCC[C@H](C)[C@@H]1CCC2=CC(=O)CCC2=C1C. The Kier molecular flexibility index (Phi) is 5.38. The predicted molar refractivity (Wildman–Crippen MR) is 82.8 cm³/mol. The molecule has 0 saturated carbocycles.